The van der Waals surface area contributed by atoms with Crippen molar-refractivity contribution in [2.75, 3.05) is 5.32 Å². The van der Waals surface area contributed by atoms with E-state index in [2.05, 4.69) is 34.3 Å². The number of thiophene rings is 1. The number of fused-ring (bicyclic) bond motifs is 1. The molecule has 2 heterocycles. The first kappa shape index (κ1) is 11.4. The van der Waals surface area contributed by atoms with E-state index < -0.39 is 0 Å². The Hall–Kier alpha value is -1.65. The van der Waals surface area contributed by atoms with Crippen molar-refractivity contribution in [3.05, 3.63) is 46.6 Å². The fraction of sp³-hybridized carbons (Fsp3) is 0.0769. The molecular formula is C13H10ClN3S. The predicted molar refractivity (Wildman–Crippen MR) is 76.9 cm³/mol. The van der Waals surface area contributed by atoms with Crippen LogP contribution in [0, 0.1) is 6.92 Å². The van der Waals surface area contributed by atoms with Gasteiger partial charge in [-0.2, -0.15) is 4.98 Å². The molecule has 90 valence electrons. The molecule has 3 aromatic rings. The fourth-order valence-corrected chi connectivity index (χ4v) is 2.68. The van der Waals surface area contributed by atoms with Crippen LogP contribution >= 0.6 is 22.9 Å². The summed E-state index contributed by atoms with van der Waals surface area (Å²) in [5.74, 6) is 0.745. The number of aromatic nitrogens is 2. The van der Waals surface area contributed by atoms with Crippen LogP contribution in [0.25, 0.3) is 10.2 Å². The largest absolute Gasteiger partial charge is 0.340 e. The molecule has 0 unspecified atom stereocenters. The SMILES string of the molecule is Cc1ccc(Nc2nc(Cl)nc3sccc23)cc1. The van der Waals surface area contributed by atoms with Gasteiger partial charge in [0.1, 0.15) is 10.6 Å². The number of hydrogen-bond acceptors (Lipinski definition) is 4. The lowest BCUT2D eigenvalue weighted by molar-refractivity contribution is 1.23. The van der Waals surface area contributed by atoms with Gasteiger partial charge in [-0.1, -0.05) is 17.7 Å². The lowest BCUT2D eigenvalue weighted by atomic mass is 10.2. The molecule has 0 saturated heterocycles. The third-order valence-electron chi connectivity index (χ3n) is 2.61. The molecule has 3 nitrogen and oxygen atoms in total. The number of nitrogens with one attached hydrogen (secondary N) is 1. The molecule has 0 spiro atoms. The number of aryl methyl sites for hydroxylation is 1. The number of rotatable bonds is 2. The third kappa shape index (κ3) is 2.17. The maximum absolute atomic E-state index is 5.92. The van der Waals surface area contributed by atoms with Crippen LogP contribution in [0.5, 0.6) is 0 Å². The van der Waals surface area contributed by atoms with Crippen LogP contribution in [-0.4, -0.2) is 9.97 Å². The Morgan fingerprint density at radius 2 is 1.89 bits per heavy atom. The van der Waals surface area contributed by atoms with E-state index in [9.17, 15) is 0 Å². The number of nitrogens with zero attached hydrogens (tertiary/aromatic N) is 2. The Morgan fingerprint density at radius 1 is 1.11 bits per heavy atom. The highest BCUT2D eigenvalue weighted by Gasteiger charge is 2.07. The number of benzene rings is 1. The van der Waals surface area contributed by atoms with Gasteiger partial charge in [0.2, 0.25) is 5.28 Å². The summed E-state index contributed by atoms with van der Waals surface area (Å²) in [6, 6.07) is 10.1. The van der Waals surface area contributed by atoms with Crippen molar-refractivity contribution in [3.8, 4) is 0 Å². The molecule has 0 fully saturated rings. The average Bonchev–Trinajstić information content (AvgIpc) is 2.80. The van der Waals surface area contributed by atoms with Crippen LogP contribution in [0.15, 0.2) is 35.7 Å². The van der Waals surface area contributed by atoms with E-state index in [1.165, 1.54) is 5.56 Å². The molecule has 1 N–H and O–H groups in total. The molecule has 0 amide bonds. The predicted octanol–water partition coefficient (Wildman–Crippen LogP) is 4.40. The van der Waals surface area contributed by atoms with E-state index in [-0.39, 0.29) is 5.28 Å². The topological polar surface area (TPSA) is 37.8 Å². The Bertz CT molecular complexity index is 691. The average molecular weight is 276 g/mol. The van der Waals surface area contributed by atoms with E-state index in [1.54, 1.807) is 11.3 Å². The first-order valence-electron chi connectivity index (χ1n) is 5.47. The monoisotopic (exact) mass is 275 g/mol. The molecule has 0 aliphatic rings. The highest BCUT2D eigenvalue weighted by Crippen LogP contribution is 2.28. The second-order valence-corrected chi connectivity index (χ2v) is 5.20. The van der Waals surface area contributed by atoms with Crippen LogP contribution in [0.3, 0.4) is 0 Å². The van der Waals surface area contributed by atoms with Crippen molar-refractivity contribution in [2.24, 2.45) is 0 Å². The van der Waals surface area contributed by atoms with Crippen molar-refractivity contribution in [1.29, 1.82) is 0 Å². The van der Waals surface area contributed by atoms with Gasteiger partial charge >= 0.3 is 0 Å². The Morgan fingerprint density at radius 3 is 2.67 bits per heavy atom. The summed E-state index contributed by atoms with van der Waals surface area (Å²) in [5.41, 5.74) is 2.21. The third-order valence-corrected chi connectivity index (χ3v) is 3.59. The molecule has 2 aromatic heterocycles. The van der Waals surface area contributed by atoms with Crippen molar-refractivity contribution < 1.29 is 0 Å². The first-order valence-corrected chi connectivity index (χ1v) is 6.72. The Labute approximate surface area is 113 Å². The van der Waals surface area contributed by atoms with Crippen LogP contribution in [-0.2, 0) is 0 Å². The second kappa shape index (κ2) is 4.55. The number of anilines is 2. The van der Waals surface area contributed by atoms with Gasteiger partial charge in [-0.05, 0) is 42.1 Å². The van der Waals surface area contributed by atoms with Gasteiger partial charge in [0, 0.05) is 5.69 Å². The van der Waals surface area contributed by atoms with E-state index in [0.717, 1.165) is 21.7 Å². The van der Waals surface area contributed by atoms with Crippen LogP contribution in [0.2, 0.25) is 5.28 Å². The van der Waals surface area contributed by atoms with E-state index in [1.807, 2.05) is 23.6 Å². The van der Waals surface area contributed by atoms with Crippen molar-refractivity contribution >= 4 is 44.7 Å². The van der Waals surface area contributed by atoms with E-state index in [0.29, 0.717) is 0 Å². The Kier molecular flexibility index (Phi) is 2.89. The maximum Gasteiger partial charge on any atom is 0.225 e. The van der Waals surface area contributed by atoms with Crippen molar-refractivity contribution in [2.45, 2.75) is 6.92 Å². The minimum Gasteiger partial charge on any atom is -0.340 e. The lowest BCUT2D eigenvalue weighted by Crippen LogP contribution is -1.95. The highest BCUT2D eigenvalue weighted by molar-refractivity contribution is 7.16. The molecule has 18 heavy (non-hydrogen) atoms. The number of halogens is 1. The maximum atomic E-state index is 5.92. The summed E-state index contributed by atoms with van der Waals surface area (Å²) in [6.45, 7) is 2.06. The van der Waals surface area contributed by atoms with Crippen LogP contribution in [0.1, 0.15) is 5.56 Å². The zero-order valence-electron chi connectivity index (χ0n) is 9.64. The summed E-state index contributed by atoms with van der Waals surface area (Å²) in [4.78, 5) is 9.32. The molecule has 0 bridgehead atoms. The summed E-state index contributed by atoms with van der Waals surface area (Å²) < 4.78 is 0. The lowest BCUT2D eigenvalue weighted by Gasteiger charge is -2.07. The van der Waals surface area contributed by atoms with Crippen molar-refractivity contribution in [3.63, 3.8) is 0 Å². The standard InChI is InChI=1S/C13H10ClN3S/c1-8-2-4-9(5-3-8)15-11-10-6-7-18-12(10)17-13(14)16-11/h2-7H,1H3,(H,15,16,17). The molecule has 0 saturated carbocycles. The quantitative estimate of drug-likeness (QED) is 0.705. The van der Waals surface area contributed by atoms with E-state index >= 15 is 0 Å². The second-order valence-electron chi connectivity index (χ2n) is 3.97. The first-order chi connectivity index (χ1) is 8.72. The van der Waals surface area contributed by atoms with E-state index in [4.69, 9.17) is 11.6 Å². The smallest absolute Gasteiger partial charge is 0.225 e. The molecule has 3 rings (SSSR count). The van der Waals surface area contributed by atoms with Gasteiger partial charge in [0.15, 0.2) is 0 Å². The summed E-state index contributed by atoms with van der Waals surface area (Å²) >= 11 is 7.47. The summed E-state index contributed by atoms with van der Waals surface area (Å²) in [7, 11) is 0. The Balaban J connectivity index is 2.03. The van der Waals surface area contributed by atoms with Crippen molar-refractivity contribution in [1.82, 2.24) is 9.97 Å². The van der Waals surface area contributed by atoms with Gasteiger partial charge in [-0.15, -0.1) is 11.3 Å². The normalized spacial score (nSPS) is 10.8. The minimum absolute atomic E-state index is 0.263. The van der Waals surface area contributed by atoms with Gasteiger partial charge in [-0.3, -0.25) is 0 Å². The summed E-state index contributed by atoms with van der Waals surface area (Å²) in [5, 5.41) is 6.51. The van der Waals surface area contributed by atoms with Gasteiger partial charge in [0.25, 0.3) is 0 Å². The van der Waals surface area contributed by atoms with Crippen LogP contribution in [0.4, 0.5) is 11.5 Å². The van der Waals surface area contributed by atoms with Crippen LogP contribution < -0.4 is 5.32 Å². The number of hydrogen-bond donors (Lipinski definition) is 1. The fourth-order valence-electron chi connectivity index (χ4n) is 1.70. The molecule has 0 aliphatic heterocycles. The molecule has 5 heteroatoms. The molecule has 1 aromatic carbocycles. The zero-order valence-corrected chi connectivity index (χ0v) is 11.2. The van der Waals surface area contributed by atoms with Gasteiger partial charge < -0.3 is 5.32 Å². The molecule has 0 radical (unpaired) electrons. The highest BCUT2D eigenvalue weighted by atomic mass is 35.5. The molecular weight excluding hydrogens is 266 g/mol. The van der Waals surface area contributed by atoms with Gasteiger partial charge in [0.05, 0.1) is 5.39 Å². The van der Waals surface area contributed by atoms with Gasteiger partial charge in [-0.25, -0.2) is 4.98 Å². The molecule has 0 aliphatic carbocycles. The zero-order chi connectivity index (χ0) is 12.5. The summed E-state index contributed by atoms with van der Waals surface area (Å²) in [6.07, 6.45) is 0. The minimum atomic E-state index is 0.263. The molecule has 0 atom stereocenters.